The Morgan fingerprint density at radius 2 is 0.679 bits per heavy atom. The van der Waals surface area contributed by atoms with E-state index >= 15 is 0 Å². The number of benzene rings is 5. The second-order valence-electron chi connectivity index (χ2n) is 32.1. The molecule has 15 rings (SSSR count). The number of anilines is 5. The average Bonchev–Trinajstić information content (AvgIpc) is 0.955. The van der Waals surface area contributed by atoms with Gasteiger partial charge in [-0.2, -0.15) is 12.6 Å². The highest BCUT2D eigenvalue weighted by molar-refractivity contribution is 8.13. The first-order chi connectivity index (χ1) is 67.3. The molecule has 140 heavy (non-hydrogen) atoms. The summed E-state index contributed by atoms with van der Waals surface area (Å²) in [6.07, 6.45) is 41.3. The zero-order chi connectivity index (χ0) is 101. The van der Waals surface area contributed by atoms with Gasteiger partial charge in [-0.05, 0) is 189 Å². The molecule has 0 radical (unpaired) electrons. The number of aliphatic hydroxyl groups excluding tert-OH is 1. The summed E-state index contributed by atoms with van der Waals surface area (Å²) < 4.78 is 57.8. The molecule has 0 amide bonds. The molecule has 5 saturated carbocycles. The molecule has 5 fully saturated rings. The molecular formula is C101H123Cl12N11O14S2. The second-order valence-corrected chi connectivity index (χ2v) is 38.5. The fourth-order valence-corrected chi connectivity index (χ4v) is 19.0. The zero-order valence-corrected chi connectivity index (χ0v) is 90.2. The maximum absolute atomic E-state index is 11.4. The lowest BCUT2D eigenvalue weighted by atomic mass is 10.2. The minimum atomic E-state index is 0. The standard InChI is InChI=1S/C22H26Cl2N2O3S.C20H23Cl3N2O2.C20H24Cl2N2O2S.C18H20Cl2N2O2.C12H17NO2.C6H3Cl2NO.C2H3ClO.CH4O.H3N/c1-15(27)30-10-9-26(14-18-19(23)12-25-13-20(18)24)16-7-8-21(28-2)22(11-16)29-17-5-3-4-6-17;1-26-19-7-6-14(10-20(19)27-15-4-2-3-5-15)25(9-8-21)13-16-17(22)11-24-12-18(16)23;1-25-19-7-6-14(10-20(19)26-15-4-2-3-5-15)24(8-9-27)13-16-17(21)11-23-12-18(16)22;1-23-17-7-6-12(8-18(17)24-13-4-2-3-5-13)22-9-14-15(19)10-21-11-16(14)20;1-14-11-7-6-9(13)8-12(11)15-10-4-2-3-5-10;7-5-1-9-2-6(8)4(5)3-10;3-1-2-4;1-2;/h7-8,11-13,17H,3-6,9-10,14H2,1-2H3;6-7,10-12,15H,2-5,8-9,13H2,1H3;6-7,10-12,15,27H,2-5,8-9,13H2,1H3;6-8,10-11,13,22H,2-5,9H2,1H3;6-8,10H,2-5,13H2,1H3;1-3H;2H,1H2;2H,1H3;1H3. The monoisotopic (exact) mass is 2200 g/mol. The Kier molecular flexibility index (Phi) is 55.5. The highest BCUT2D eigenvalue weighted by atomic mass is 35.5. The molecular weight excluding hydrogens is 2080 g/mol. The van der Waals surface area contributed by atoms with E-state index in [2.05, 4.69) is 57.6 Å². The number of aromatic nitrogens is 5. The molecule has 5 aliphatic carbocycles. The molecule has 10 aromatic rings. The number of nitrogens with two attached hydrogens (primary N) is 1. The summed E-state index contributed by atoms with van der Waals surface area (Å²) >= 11 is 78.0. The third-order valence-corrected chi connectivity index (χ3v) is 27.2. The van der Waals surface area contributed by atoms with Gasteiger partial charge in [0, 0.05) is 220 Å². The van der Waals surface area contributed by atoms with Crippen molar-refractivity contribution in [3.8, 4) is 57.5 Å². The van der Waals surface area contributed by atoms with Crippen molar-refractivity contribution in [2.45, 2.75) is 192 Å². The van der Waals surface area contributed by atoms with Crippen molar-refractivity contribution in [2.75, 3.05) is 111 Å². The van der Waals surface area contributed by atoms with Crippen LogP contribution in [0.3, 0.4) is 0 Å². The number of nitrogens with zero attached hydrogens (tertiary/aromatic N) is 8. The summed E-state index contributed by atoms with van der Waals surface area (Å²) in [5.41, 5.74) is 13.9. The van der Waals surface area contributed by atoms with Crippen LogP contribution in [0.4, 0.5) is 28.4 Å². The summed E-state index contributed by atoms with van der Waals surface area (Å²) in [4.78, 5) is 56.9. The van der Waals surface area contributed by atoms with Crippen LogP contribution in [0, 0.1) is 0 Å². The number of ether oxygens (including phenoxy) is 10. The van der Waals surface area contributed by atoms with Crippen molar-refractivity contribution in [1.29, 1.82) is 0 Å². The normalized spacial score (nSPS) is 13.7. The van der Waals surface area contributed by atoms with Crippen LogP contribution in [0.5, 0.6) is 57.5 Å². The van der Waals surface area contributed by atoms with Gasteiger partial charge in [0.05, 0.1) is 128 Å². The van der Waals surface area contributed by atoms with E-state index in [4.69, 9.17) is 202 Å². The van der Waals surface area contributed by atoms with Crippen LogP contribution in [0.25, 0.3) is 0 Å². The zero-order valence-electron chi connectivity index (χ0n) is 79.4. The molecule has 0 atom stereocenters. The van der Waals surface area contributed by atoms with E-state index in [1.54, 1.807) is 92.0 Å². The predicted octanol–water partition coefficient (Wildman–Crippen LogP) is 27.9. The summed E-state index contributed by atoms with van der Waals surface area (Å²) in [6.45, 7) is 5.71. The number of pyridine rings is 5. The Labute approximate surface area is 891 Å². The number of thiol groups is 1. The molecule has 39 heteroatoms. The van der Waals surface area contributed by atoms with Gasteiger partial charge in [0.15, 0.2) is 68.9 Å². The first-order valence-electron chi connectivity index (χ1n) is 45.4. The highest BCUT2D eigenvalue weighted by Crippen LogP contribution is 2.43. The first kappa shape index (κ1) is 119. The average molecular weight is 2200 g/mol. The number of hydrogen-bond acceptors (Lipinski definition) is 27. The molecule has 0 saturated heterocycles. The van der Waals surface area contributed by atoms with Crippen molar-refractivity contribution in [3.63, 3.8) is 0 Å². The van der Waals surface area contributed by atoms with Gasteiger partial charge in [-0.3, -0.25) is 34.5 Å². The highest BCUT2D eigenvalue weighted by Gasteiger charge is 2.27. The van der Waals surface area contributed by atoms with E-state index in [9.17, 15) is 9.59 Å². The van der Waals surface area contributed by atoms with Crippen LogP contribution in [0.2, 0.25) is 50.2 Å². The number of carbonyl (C=O) groups excluding carboxylic acids is 3. The minimum Gasteiger partial charge on any atom is -0.493 e. The Morgan fingerprint density at radius 1 is 0.407 bits per heavy atom. The summed E-state index contributed by atoms with van der Waals surface area (Å²) in [5, 5.41) is 15.3. The largest absolute Gasteiger partial charge is 0.493 e. The second kappa shape index (κ2) is 65.4. The Hall–Kier alpha value is -8.04. The van der Waals surface area contributed by atoms with Crippen LogP contribution in [0.15, 0.2) is 153 Å². The summed E-state index contributed by atoms with van der Waals surface area (Å²) in [5.74, 6) is 9.44. The van der Waals surface area contributed by atoms with Crippen LogP contribution in [-0.2, 0) is 35.8 Å². The van der Waals surface area contributed by atoms with Gasteiger partial charge in [-0.25, -0.2) is 0 Å². The number of hydrogen-bond donors (Lipinski definition) is 5. The van der Waals surface area contributed by atoms with Gasteiger partial charge < -0.3 is 89.2 Å². The number of thioether (sulfide) groups is 1. The number of methoxy groups -OCH3 is 5. The fourth-order valence-electron chi connectivity index (χ4n) is 15.5. The molecule has 0 bridgehead atoms. The number of rotatable bonds is 36. The molecule has 0 unspecified atom stereocenters. The van der Waals surface area contributed by atoms with E-state index in [0.717, 1.165) is 175 Å². The van der Waals surface area contributed by atoms with Crippen LogP contribution >= 0.6 is 164 Å². The molecule has 5 aliphatic rings. The van der Waals surface area contributed by atoms with Gasteiger partial charge >= 0.3 is 0 Å². The Morgan fingerprint density at radius 3 is 0.957 bits per heavy atom. The van der Waals surface area contributed by atoms with E-state index in [1.165, 1.54) is 88.4 Å². The lowest BCUT2D eigenvalue weighted by Gasteiger charge is -2.27. The third-order valence-electron chi connectivity index (χ3n) is 22.7. The van der Waals surface area contributed by atoms with E-state index in [0.29, 0.717) is 133 Å². The number of carbonyl (C=O) groups is 3. The van der Waals surface area contributed by atoms with Gasteiger partial charge in [0.25, 0.3) is 0 Å². The maximum atomic E-state index is 11.4. The smallest absolute Gasteiger partial charge is 0.185 e. The lowest BCUT2D eigenvalue weighted by Crippen LogP contribution is -2.26. The molecule has 0 aliphatic heterocycles. The molecule has 5 heterocycles. The Balaban J connectivity index is 0.000000230. The van der Waals surface area contributed by atoms with Crippen LogP contribution < -0.4 is 79.3 Å². The number of halogens is 12. The number of aliphatic hydroxyl groups is 1. The van der Waals surface area contributed by atoms with Crippen molar-refractivity contribution >= 4 is 210 Å². The molecule has 0 spiro atoms. The molecule has 25 nitrogen and oxygen atoms in total. The van der Waals surface area contributed by atoms with Crippen LogP contribution in [-0.4, -0.2) is 164 Å². The topological polar surface area (TPSA) is 311 Å². The number of aldehydes is 2. The summed E-state index contributed by atoms with van der Waals surface area (Å²) in [7, 11) is 9.27. The van der Waals surface area contributed by atoms with E-state index in [1.807, 2.05) is 91.0 Å². The minimum absolute atomic E-state index is 0. The van der Waals surface area contributed by atoms with E-state index in [-0.39, 0.29) is 51.6 Å². The molecule has 5 aromatic heterocycles. The van der Waals surface area contributed by atoms with Gasteiger partial charge in [0.1, 0.15) is 6.29 Å². The van der Waals surface area contributed by atoms with E-state index < -0.39 is 0 Å². The number of nitrogens with one attached hydrogen (secondary N) is 1. The van der Waals surface area contributed by atoms with Gasteiger partial charge in [-0.15, -0.1) is 23.2 Å². The van der Waals surface area contributed by atoms with Crippen molar-refractivity contribution in [3.05, 3.63) is 231 Å². The van der Waals surface area contributed by atoms with Crippen molar-refractivity contribution in [2.24, 2.45) is 0 Å². The third kappa shape index (κ3) is 38.8. The van der Waals surface area contributed by atoms with Crippen LogP contribution in [0.1, 0.15) is 168 Å². The predicted molar refractivity (Wildman–Crippen MR) is 579 cm³/mol. The first-order valence-corrected chi connectivity index (χ1v) is 51.9. The fraction of sp³-hybridized carbons (Fsp3) is 0.426. The maximum Gasteiger partial charge on any atom is 0.185 e. The van der Waals surface area contributed by atoms with Crippen molar-refractivity contribution in [1.82, 2.24) is 31.1 Å². The molecule has 5 aromatic carbocycles. The SMILES string of the molecule is CO.COc1ccc(N(CCCl)Cc2c(Cl)cncc2Cl)cc1OC1CCCC1.COc1ccc(N(CCS)Cc2c(Cl)cncc2Cl)cc1OC1CCCC1.COc1ccc(N(CCSC(C)=O)Cc2c(Cl)cncc2Cl)cc1OC1CCCC1.COc1ccc(N)cc1OC1CCCC1.COc1ccc(NCc2c(Cl)cncc2Cl)cc1OC1CCCC1.N.O=CCCl.O=Cc1c(Cl)cncc1Cl. The van der Waals surface area contributed by atoms with Crippen molar-refractivity contribution < 1.29 is 66.9 Å². The van der Waals surface area contributed by atoms with Gasteiger partial charge in [0.2, 0.25) is 0 Å². The number of alkyl halides is 2. The molecule has 7 N–H and O–H groups in total. The lowest BCUT2D eigenvalue weighted by molar-refractivity contribution is -0.109. The quantitative estimate of drug-likeness (QED) is 0.0105. The summed E-state index contributed by atoms with van der Waals surface area (Å²) in [6, 6.07) is 29.1. The van der Waals surface area contributed by atoms with Gasteiger partial charge in [-0.1, -0.05) is 128 Å². The Bertz CT molecular complexity index is 5200. The number of nitrogen functional groups attached to an aromatic ring is 1. The molecule has 762 valence electrons.